The minimum Gasteiger partial charge on any atom is -0.350 e. The molecule has 6 heteroatoms. The molecule has 1 fully saturated rings. The second-order valence-corrected chi connectivity index (χ2v) is 4.61. The van der Waals surface area contributed by atoms with E-state index in [1.165, 1.54) is 6.07 Å². The van der Waals surface area contributed by atoms with Crippen LogP contribution in [0.4, 0.5) is 5.69 Å². The van der Waals surface area contributed by atoms with Crippen LogP contribution < -0.4 is 10.6 Å². The number of nitro benzene ring substituents is 1. The first-order chi connectivity index (χ1) is 9.18. The highest BCUT2D eigenvalue weighted by molar-refractivity contribution is 5.81. The van der Waals surface area contributed by atoms with Gasteiger partial charge in [-0.3, -0.25) is 14.9 Å². The molecule has 19 heavy (non-hydrogen) atoms. The zero-order chi connectivity index (χ0) is 13.7. The van der Waals surface area contributed by atoms with E-state index in [0.717, 1.165) is 25.8 Å². The fourth-order valence-electron chi connectivity index (χ4n) is 2.22. The van der Waals surface area contributed by atoms with E-state index in [9.17, 15) is 14.9 Å². The van der Waals surface area contributed by atoms with E-state index in [1.807, 2.05) is 0 Å². The average Bonchev–Trinajstić information content (AvgIpc) is 2.46. The van der Waals surface area contributed by atoms with E-state index >= 15 is 0 Å². The molecule has 0 radical (unpaired) electrons. The number of hydrogen-bond acceptors (Lipinski definition) is 4. The van der Waals surface area contributed by atoms with Crippen LogP contribution in [0, 0.1) is 10.1 Å². The molecular weight excluding hydrogens is 246 g/mol. The van der Waals surface area contributed by atoms with Gasteiger partial charge in [-0.2, -0.15) is 0 Å². The number of nitro groups is 1. The highest BCUT2D eigenvalue weighted by Crippen LogP contribution is 2.17. The molecule has 1 aliphatic rings. The maximum absolute atomic E-state index is 11.9. The summed E-state index contributed by atoms with van der Waals surface area (Å²) in [6, 6.07) is 6.28. The molecule has 2 N–H and O–H groups in total. The Hall–Kier alpha value is -1.95. The Bertz CT molecular complexity index is 470. The third kappa shape index (κ3) is 3.51. The Labute approximate surface area is 111 Å². The molecule has 1 heterocycles. The van der Waals surface area contributed by atoms with Crippen LogP contribution in [0.2, 0.25) is 0 Å². The largest absolute Gasteiger partial charge is 0.350 e. The van der Waals surface area contributed by atoms with Crippen LogP contribution in [-0.4, -0.2) is 23.4 Å². The minimum atomic E-state index is -0.430. The molecule has 1 aromatic rings. The van der Waals surface area contributed by atoms with Crippen LogP contribution >= 0.6 is 0 Å². The molecule has 1 unspecified atom stereocenters. The fraction of sp³-hybridized carbons (Fsp3) is 0.462. The maximum Gasteiger partial charge on any atom is 0.274 e. The lowest BCUT2D eigenvalue weighted by atomic mass is 10.0. The van der Waals surface area contributed by atoms with Gasteiger partial charge in [0.25, 0.3) is 5.69 Å². The van der Waals surface area contributed by atoms with Crippen molar-refractivity contribution in [3.8, 4) is 0 Å². The van der Waals surface area contributed by atoms with E-state index in [4.69, 9.17) is 0 Å². The summed E-state index contributed by atoms with van der Waals surface area (Å²) in [4.78, 5) is 22.3. The van der Waals surface area contributed by atoms with Crippen molar-refractivity contribution in [2.75, 3.05) is 6.54 Å². The number of benzene rings is 1. The third-order valence-corrected chi connectivity index (χ3v) is 3.27. The lowest BCUT2D eigenvalue weighted by Crippen LogP contribution is -2.46. The molecule has 0 aromatic heterocycles. The molecule has 0 saturated carbocycles. The molecule has 6 nitrogen and oxygen atoms in total. The van der Waals surface area contributed by atoms with Crippen LogP contribution in [0.15, 0.2) is 24.3 Å². The predicted molar refractivity (Wildman–Crippen MR) is 70.6 cm³/mol. The van der Waals surface area contributed by atoms with Crippen molar-refractivity contribution in [3.05, 3.63) is 39.9 Å². The first kappa shape index (κ1) is 13.5. The van der Waals surface area contributed by atoms with Gasteiger partial charge in [0.1, 0.15) is 0 Å². The summed E-state index contributed by atoms with van der Waals surface area (Å²) in [7, 11) is 0. The Kier molecular flexibility index (Phi) is 4.46. The van der Waals surface area contributed by atoms with E-state index in [0.29, 0.717) is 5.56 Å². The predicted octanol–water partition coefficient (Wildman–Crippen LogP) is 1.35. The van der Waals surface area contributed by atoms with Crippen molar-refractivity contribution in [3.63, 3.8) is 0 Å². The Morgan fingerprint density at radius 1 is 1.42 bits per heavy atom. The number of hydrogen-bond donors (Lipinski definition) is 2. The molecule has 2 rings (SSSR count). The summed E-state index contributed by atoms with van der Waals surface area (Å²) in [5.74, 6) is -0.0853. The normalized spacial score (nSPS) is 18.8. The number of carbonyl (C=O) groups is 1. The van der Waals surface area contributed by atoms with Crippen molar-refractivity contribution in [2.45, 2.75) is 31.8 Å². The summed E-state index contributed by atoms with van der Waals surface area (Å²) in [5, 5.41) is 16.8. The molecule has 1 aliphatic heterocycles. The van der Waals surface area contributed by atoms with Crippen molar-refractivity contribution >= 4 is 11.6 Å². The van der Waals surface area contributed by atoms with Crippen LogP contribution in [0.5, 0.6) is 0 Å². The molecule has 1 atom stereocenters. The van der Waals surface area contributed by atoms with Gasteiger partial charge in [0, 0.05) is 18.2 Å². The second kappa shape index (κ2) is 6.29. The second-order valence-electron chi connectivity index (χ2n) is 4.61. The maximum atomic E-state index is 11.9. The van der Waals surface area contributed by atoms with Gasteiger partial charge >= 0.3 is 0 Å². The topological polar surface area (TPSA) is 84.3 Å². The number of nitrogens with zero attached hydrogens (tertiary/aromatic N) is 1. The zero-order valence-corrected chi connectivity index (χ0v) is 10.6. The van der Waals surface area contributed by atoms with Gasteiger partial charge in [0.05, 0.1) is 11.0 Å². The van der Waals surface area contributed by atoms with Crippen molar-refractivity contribution in [1.29, 1.82) is 0 Å². The highest BCUT2D eigenvalue weighted by Gasteiger charge is 2.21. The molecule has 0 aliphatic carbocycles. The van der Waals surface area contributed by atoms with Crippen molar-refractivity contribution in [2.24, 2.45) is 0 Å². The molecule has 102 valence electrons. The van der Waals surface area contributed by atoms with Crippen LogP contribution in [0.1, 0.15) is 24.8 Å². The quantitative estimate of drug-likeness (QED) is 0.634. The highest BCUT2D eigenvalue weighted by atomic mass is 16.6. The number of amides is 1. The van der Waals surface area contributed by atoms with Gasteiger partial charge in [-0.1, -0.05) is 24.6 Å². The molecule has 1 amide bonds. The van der Waals surface area contributed by atoms with E-state index < -0.39 is 4.92 Å². The standard InChI is InChI=1S/C13H17N3O3/c17-13(11-6-3-4-8-14-11)15-9-10-5-1-2-7-12(10)16(18)19/h1-2,5,7,11,14H,3-4,6,8-9H2,(H,15,17). The number of piperidine rings is 1. The first-order valence-electron chi connectivity index (χ1n) is 6.42. The summed E-state index contributed by atoms with van der Waals surface area (Å²) < 4.78 is 0. The van der Waals surface area contributed by atoms with Gasteiger partial charge < -0.3 is 10.6 Å². The van der Waals surface area contributed by atoms with Crippen molar-refractivity contribution < 1.29 is 9.72 Å². The molecule has 0 bridgehead atoms. The smallest absolute Gasteiger partial charge is 0.274 e. The average molecular weight is 263 g/mol. The van der Waals surface area contributed by atoms with E-state index in [1.54, 1.807) is 18.2 Å². The van der Waals surface area contributed by atoms with Crippen molar-refractivity contribution in [1.82, 2.24) is 10.6 Å². The summed E-state index contributed by atoms with van der Waals surface area (Å²) in [5.41, 5.74) is 0.566. The minimum absolute atomic E-state index is 0.0411. The first-order valence-corrected chi connectivity index (χ1v) is 6.42. The lowest BCUT2D eigenvalue weighted by Gasteiger charge is -2.22. The van der Waals surface area contributed by atoms with E-state index in [-0.39, 0.29) is 24.2 Å². The Morgan fingerprint density at radius 2 is 2.21 bits per heavy atom. The monoisotopic (exact) mass is 263 g/mol. The van der Waals surface area contributed by atoms with Gasteiger partial charge in [-0.25, -0.2) is 0 Å². The van der Waals surface area contributed by atoms with Gasteiger partial charge in [0.2, 0.25) is 5.91 Å². The van der Waals surface area contributed by atoms with Crippen LogP contribution in [-0.2, 0) is 11.3 Å². The molecule has 1 saturated heterocycles. The summed E-state index contributed by atoms with van der Waals surface area (Å²) >= 11 is 0. The molecule has 0 spiro atoms. The summed E-state index contributed by atoms with van der Waals surface area (Å²) in [6.45, 7) is 1.04. The van der Waals surface area contributed by atoms with Crippen LogP contribution in [0.3, 0.4) is 0 Å². The van der Waals surface area contributed by atoms with Gasteiger partial charge in [-0.15, -0.1) is 0 Å². The Balaban J connectivity index is 1.94. The molecule has 1 aromatic carbocycles. The zero-order valence-electron chi connectivity index (χ0n) is 10.6. The van der Waals surface area contributed by atoms with E-state index in [2.05, 4.69) is 10.6 Å². The SMILES string of the molecule is O=C(NCc1ccccc1[N+](=O)[O-])C1CCCCN1. The fourth-order valence-corrected chi connectivity index (χ4v) is 2.22. The van der Waals surface area contributed by atoms with Gasteiger partial charge in [0.15, 0.2) is 0 Å². The molecular formula is C13H17N3O3. The lowest BCUT2D eigenvalue weighted by molar-refractivity contribution is -0.385. The van der Waals surface area contributed by atoms with Crippen LogP contribution in [0.25, 0.3) is 0 Å². The Morgan fingerprint density at radius 3 is 2.89 bits per heavy atom. The number of rotatable bonds is 4. The van der Waals surface area contributed by atoms with Gasteiger partial charge in [-0.05, 0) is 19.4 Å². The number of nitrogens with one attached hydrogen (secondary N) is 2. The third-order valence-electron chi connectivity index (χ3n) is 3.27. The summed E-state index contributed by atoms with van der Waals surface area (Å²) in [6.07, 6.45) is 2.95. The number of carbonyl (C=O) groups excluding carboxylic acids is 1. The number of para-hydroxylation sites is 1.